The van der Waals surface area contributed by atoms with Crippen molar-refractivity contribution >= 4 is 38.0 Å². The van der Waals surface area contributed by atoms with Gasteiger partial charge < -0.3 is 5.11 Å². The Bertz CT molecular complexity index is 1590. The van der Waals surface area contributed by atoms with Crippen molar-refractivity contribution < 1.29 is 30.0 Å². The van der Waals surface area contributed by atoms with Crippen LogP contribution in [0.15, 0.2) is 54.4 Å². The molecule has 2 aromatic carbocycles. The summed E-state index contributed by atoms with van der Waals surface area (Å²) in [4.78, 5) is 18.0. The third-order valence-corrected chi connectivity index (χ3v) is 9.88. The van der Waals surface area contributed by atoms with E-state index in [1.165, 1.54) is 37.6 Å². The van der Waals surface area contributed by atoms with Crippen molar-refractivity contribution in [3.63, 3.8) is 0 Å². The zero-order valence-electron chi connectivity index (χ0n) is 29.4. The second kappa shape index (κ2) is 16.5. The molecule has 0 aliphatic heterocycles. The number of carbonyl (C=O) groups is 1. The maximum Gasteiger partial charge on any atom is 0.162 e. The van der Waals surface area contributed by atoms with Crippen LogP contribution in [0, 0.1) is 30.2 Å². The smallest absolute Gasteiger partial charge is 0.162 e. The number of carbonyl (C=O) groups excluding carboxylic acids is 1. The van der Waals surface area contributed by atoms with Crippen molar-refractivity contribution in [2.75, 3.05) is 0 Å². The average molecular weight is 805 g/mol. The van der Waals surface area contributed by atoms with Crippen LogP contribution in [0.2, 0.25) is 0 Å². The van der Waals surface area contributed by atoms with Crippen molar-refractivity contribution in [3.8, 4) is 11.3 Å². The minimum Gasteiger partial charge on any atom is -0.512 e. The van der Waals surface area contributed by atoms with Gasteiger partial charge in [-0.2, -0.15) is 0 Å². The molecule has 0 aliphatic carbocycles. The van der Waals surface area contributed by atoms with Gasteiger partial charge in [0.05, 0.1) is 5.76 Å². The number of aromatic nitrogens is 1. The second-order valence-corrected chi connectivity index (χ2v) is 15.4. The first-order chi connectivity index (χ1) is 20.6. The Morgan fingerprint density at radius 2 is 1.53 bits per heavy atom. The Kier molecular flexibility index (Phi) is 14.2. The minimum atomic E-state index is 0. The van der Waals surface area contributed by atoms with E-state index in [1.54, 1.807) is 0 Å². The molecule has 2 aromatic heterocycles. The topological polar surface area (TPSA) is 50.2 Å². The number of hydrogen-bond donors (Lipinski definition) is 1. The summed E-state index contributed by atoms with van der Waals surface area (Å²) in [5.74, 6) is 0.547. The molecule has 0 spiro atoms. The Balaban J connectivity index is 0.000000378. The van der Waals surface area contributed by atoms with E-state index >= 15 is 0 Å². The van der Waals surface area contributed by atoms with Gasteiger partial charge in [0.1, 0.15) is 0 Å². The molecule has 247 valence electrons. The summed E-state index contributed by atoms with van der Waals surface area (Å²) >= 11 is 1.91. The molecule has 0 saturated carbocycles. The van der Waals surface area contributed by atoms with Gasteiger partial charge in [0, 0.05) is 59.5 Å². The number of rotatable bonds is 9. The van der Waals surface area contributed by atoms with Crippen LogP contribution in [0.3, 0.4) is 0 Å². The van der Waals surface area contributed by atoms with E-state index in [9.17, 15) is 9.90 Å². The molecular formula is C40H54IrNO2S-. The first kappa shape index (κ1) is 38.9. The molecule has 5 heteroatoms. The van der Waals surface area contributed by atoms with Crippen molar-refractivity contribution in [1.29, 1.82) is 0 Å². The van der Waals surface area contributed by atoms with E-state index in [0.717, 1.165) is 48.7 Å². The van der Waals surface area contributed by atoms with Crippen LogP contribution in [0.1, 0.15) is 111 Å². The van der Waals surface area contributed by atoms with Crippen LogP contribution in [-0.2, 0) is 36.7 Å². The Hall–Kier alpha value is -2.33. The van der Waals surface area contributed by atoms with Gasteiger partial charge in [-0.15, -0.1) is 40.5 Å². The zero-order chi connectivity index (χ0) is 32.8. The molecule has 0 aliphatic rings. The third kappa shape index (κ3) is 9.83. The van der Waals surface area contributed by atoms with Gasteiger partial charge in [0.25, 0.3) is 0 Å². The predicted molar refractivity (Wildman–Crippen MR) is 192 cm³/mol. The Morgan fingerprint density at radius 3 is 2.09 bits per heavy atom. The number of aliphatic hydroxyl groups excluding tert-OH is 1. The number of allylic oxidation sites excluding steroid dienone is 2. The number of nitrogens with zero attached hydrogens (tertiary/aromatic N) is 1. The molecule has 4 aromatic rings. The molecular weight excluding hydrogens is 751 g/mol. The third-order valence-electron chi connectivity index (χ3n) is 8.56. The summed E-state index contributed by atoms with van der Waals surface area (Å²) in [6, 6.07) is 16.7. The molecule has 0 fully saturated rings. The fourth-order valence-corrected chi connectivity index (χ4v) is 7.40. The Morgan fingerprint density at radius 1 is 0.933 bits per heavy atom. The van der Waals surface area contributed by atoms with Crippen LogP contribution in [0.5, 0.6) is 0 Å². The number of ketones is 1. The van der Waals surface area contributed by atoms with E-state index in [0.29, 0.717) is 0 Å². The minimum absolute atomic E-state index is 0. The molecule has 0 atom stereocenters. The quantitative estimate of drug-likeness (QED) is 0.104. The molecule has 0 saturated heterocycles. The standard InChI is InChI=1S/C27H30NS.C13H24O2.Ir/c1-17-20-12-13-28-24(25(20)29-23(17)16-26(2,3)4)19-14-18-10-8-9-11-21(18)22(15-19)27(5,6)7;1-5-10(6-2)12(14)9-13(15)11(7-3)8-4;/h8-13,15H,16H2,1-7H3;9-11,14H,5-8H2,1-4H3;/q-1;;/b;12-9-;. The molecule has 0 amide bonds. The summed E-state index contributed by atoms with van der Waals surface area (Å²) < 4.78 is 1.29. The van der Waals surface area contributed by atoms with E-state index in [1.807, 2.05) is 45.2 Å². The maximum absolute atomic E-state index is 11.7. The number of fused-ring (bicyclic) bond motifs is 2. The van der Waals surface area contributed by atoms with Crippen LogP contribution >= 0.6 is 11.3 Å². The van der Waals surface area contributed by atoms with Crippen molar-refractivity contribution in [3.05, 3.63) is 76.5 Å². The van der Waals surface area contributed by atoms with E-state index in [-0.39, 0.29) is 54.3 Å². The van der Waals surface area contributed by atoms with Crippen LogP contribution in [-0.4, -0.2) is 15.9 Å². The Labute approximate surface area is 290 Å². The van der Waals surface area contributed by atoms with Gasteiger partial charge in [0.15, 0.2) is 5.78 Å². The number of thiophene rings is 1. The van der Waals surface area contributed by atoms with E-state index < -0.39 is 0 Å². The SMILES string of the molecule is CCC(CC)C(=O)/C=C(\O)C(CC)CC.Cc1c(CC(C)(C)C)sc2c(-c3[c-]c4ccccc4c(C(C)(C)C)c3)nccc12.[Ir]. The number of benzene rings is 2. The summed E-state index contributed by atoms with van der Waals surface area (Å²) in [6.07, 6.45) is 7.95. The largest absolute Gasteiger partial charge is 0.512 e. The van der Waals surface area contributed by atoms with Gasteiger partial charge in [-0.25, -0.2) is 0 Å². The molecule has 1 N–H and O–H groups in total. The van der Waals surface area contributed by atoms with Crippen LogP contribution in [0.4, 0.5) is 0 Å². The fraction of sp³-hybridized carbons (Fsp3) is 0.500. The van der Waals surface area contributed by atoms with Crippen LogP contribution < -0.4 is 0 Å². The number of aliphatic hydroxyl groups is 1. The van der Waals surface area contributed by atoms with E-state index in [2.05, 4.69) is 90.9 Å². The van der Waals surface area contributed by atoms with Crippen molar-refractivity contribution in [2.24, 2.45) is 17.3 Å². The monoisotopic (exact) mass is 805 g/mol. The molecule has 4 rings (SSSR count). The molecule has 2 heterocycles. The summed E-state index contributed by atoms with van der Waals surface area (Å²) in [5, 5.41) is 13.5. The van der Waals surface area contributed by atoms with Crippen molar-refractivity contribution in [1.82, 2.24) is 4.98 Å². The first-order valence-electron chi connectivity index (χ1n) is 16.4. The second-order valence-electron chi connectivity index (χ2n) is 14.3. The summed E-state index contributed by atoms with van der Waals surface area (Å²) in [6.45, 7) is 24.1. The zero-order valence-corrected chi connectivity index (χ0v) is 32.6. The summed E-state index contributed by atoms with van der Waals surface area (Å²) in [5.41, 5.74) is 5.24. The van der Waals surface area contributed by atoms with Gasteiger partial charge in [-0.05, 0) is 66.9 Å². The van der Waals surface area contributed by atoms with Gasteiger partial charge in [0.2, 0.25) is 0 Å². The number of pyridine rings is 1. The average Bonchev–Trinajstić information content (AvgIpc) is 3.27. The normalized spacial score (nSPS) is 12.4. The predicted octanol–water partition coefficient (Wildman–Crippen LogP) is 12.0. The number of aryl methyl sites for hydroxylation is 1. The van der Waals surface area contributed by atoms with Crippen molar-refractivity contribution in [2.45, 2.75) is 114 Å². The molecule has 0 unspecified atom stereocenters. The van der Waals surface area contributed by atoms with E-state index in [4.69, 9.17) is 4.98 Å². The molecule has 0 bridgehead atoms. The molecule has 45 heavy (non-hydrogen) atoms. The van der Waals surface area contributed by atoms with Gasteiger partial charge in [-0.3, -0.25) is 9.78 Å². The maximum atomic E-state index is 11.7. The van der Waals surface area contributed by atoms with Gasteiger partial charge in [-0.1, -0.05) is 98.4 Å². The number of hydrogen-bond acceptors (Lipinski definition) is 4. The fourth-order valence-electron chi connectivity index (χ4n) is 5.80. The van der Waals surface area contributed by atoms with Crippen LogP contribution in [0.25, 0.3) is 32.1 Å². The first-order valence-corrected chi connectivity index (χ1v) is 17.2. The molecule has 3 nitrogen and oxygen atoms in total. The van der Waals surface area contributed by atoms with Gasteiger partial charge >= 0.3 is 0 Å². The summed E-state index contributed by atoms with van der Waals surface area (Å²) in [7, 11) is 0. The molecule has 1 radical (unpaired) electrons.